The monoisotopic (exact) mass is 379 g/mol. The fourth-order valence-electron chi connectivity index (χ4n) is 2.26. The van der Waals surface area contributed by atoms with E-state index < -0.39 is 10.8 Å². The van der Waals surface area contributed by atoms with Gasteiger partial charge in [-0.3, -0.25) is 19.7 Å². The topological polar surface area (TPSA) is 106 Å². The van der Waals surface area contributed by atoms with Crippen LogP contribution in [-0.4, -0.2) is 41.3 Å². The highest BCUT2D eigenvalue weighted by Gasteiger charge is 2.20. The summed E-state index contributed by atoms with van der Waals surface area (Å²) in [7, 11) is 1.49. The van der Waals surface area contributed by atoms with Crippen molar-refractivity contribution >= 4 is 29.1 Å². The lowest BCUT2D eigenvalue weighted by molar-refractivity contribution is -0.384. The van der Waals surface area contributed by atoms with Gasteiger partial charge in [-0.05, 0) is 32.0 Å². The molecule has 1 aromatic heterocycles. The first-order chi connectivity index (χ1) is 12.2. The van der Waals surface area contributed by atoms with Crippen LogP contribution in [0.1, 0.15) is 24.4 Å². The molecule has 0 spiro atoms. The highest BCUT2D eigenvalue weighted by Crippen LogP contribution is 2.32. The van der Waals surface area contributed by atoms with Crippen molar-refractivity contribution in [3.05, 3.63) is 51.2 Å². The minimum absolute atomic E-state index is 0.0227. The average molecular weight is 380 g/mol. The Morgan fingerprint density at radius 3 is 2.58 bits per heavy atom. The smallest absolute Gasteiger partial charge is 0.289 e. The normalized spacial score (nSPS) is 10.7. The Hall–Kier alpha value is -2.87. The summed E-state index contributed by atoms with van der Waals surface area (Å²) in [5.74, 6) is -0.406. The molecule has 1 N–H and O–H groups in total. The van der Waals surface area contributed by atoms with Crippen molar-refractivity contribution in [2.75, 3.05) is 13.6 Å². The lowest BCUT2D eigenvalue weighted by atomic mass is 10.1. The first-order valence-electron chi connectivity index (χ1n) is 7.78. The van der Waals surface area contributed by atoms with Crippen molar-refractivity contribution in [2.24, 2.45) is 0 Å². The number of nitro groups is 1. The molecule has 8 nitrogen and oxygen atoms in total. The Balaban J connectivity index is 2.15. The number of amides is 2. The molecule has 0 aliphatic rings. The summed E-state index contributed by atoms with van der Waals surface area (Å²) in [5.41, 5.74) is 0.286. The minimum Gasteiger partial charge on any atom is -0.451 e. The van der Waals surface area contributed by atoms with Gasteiger partial charge in [0, 0.05) is 30.8 Å². The predicted molar refractivity (Wildman–Crippen MR) is 96.0 cm³/mol. The van der Waals surface area contributed by atoms with Crippen LogP contribution in [0.25, 0.3) is 11.3 Å². The van der Waals surface area contributed by atoms with Crippen LogP contribution in [0.3, 0.4) is 0 Å². The van der Waals surface area contributed by atoms with E-state index in [0.29, 0.717) is 11.3 Å². The number of nitro benzene ring substituents is 1. The second-order valence-electron chi connectivity index (χ2n) is 5.97. The largest absolute Gasteiger partial charge is 0.451 e. The first kappa shape index (κ1) is 19.5. The zero-order valence-electron chi connectivity index (χ0n) is 14.5. The lowest BCUT2D eigenvalue weighted by Gasteiger charge is -2.16. The van der Waals surface area contributed by atoms with Crippen molar-refractivity contribution in [1.82, 2.24) is 10.2 Å². The Morgan fingerprint density at radius 1 is 1.31 bits per heavy atom. The van der Waals surface area contributed by atoms with Gasteiger partial charge in [0.15, 0.2) is 5.76 Å². The zero-order valence-corrected chi connectivity index (χ0v) is 15.2. The van der Waals surface area contributed by atoms with Crippen molar-refractivity contribution in [3.8, 4) is 11.3 Å². The molecule has 2 amide bonds. The molecule has 0 saturated heterocycles. The van der Waals surface area contributed by atoms with Crippen LogP contribution in [0.2, 0.25) is 5.02 Å². The van der Waals surface area contributed by atoms with Crippen LogP contribution in [0, 0.1) is 10.1 Å². The first-order valence-corrected chi connectivity index (χ1v) is 8.15. The number of halogens is 1. The Kier molecular flexibility index (Phi) is 5.99. The summed E-state index contributed by atoms with van der Waals surface area (Å²) in [6.45, 7) is 3.55. The summed E-state index contributed by atoms with van der Waals surface area (Å²) >= 11 is 6.06. The van der Waals surface area contributed by atoms with Crippen molar-refractivity contribution in [3.63, 3.8) is 0 Å². The van der Waals surface area contributed by atoms with E-state index in [2.05, 4.69) is 5.32 Å². The van der Waals surface area contributed by atoms with E-state index >= 15 is 0 Å². The van der Waals surface area contributed by atoms with Gasteiger partial charge in [-0.15, -0.1) is 0 Å². The van der Waals surface area contributed by atoms with Gasteiger partial charge < -0.3 is 14.6 Å². The molecule has 2 aromatic rings. The van der Waals surface area contributed by atoms with Crippen molar-refractivity contribution in [1.29, 1.82) is 0 Å². The van der Waals surface area contributed by atoms with Gasteiger partial charge in [0.25, 0.3) is 11.6 Å². The molecule has 0 aliphatic carbocycles. The van der Waals surface area contributed by atoms with Gasteiger partial charge in [-0.25, -0.2) is 0 Å². The molecule has 1 aromatic carbocycles. The summed E-state index contributed by atoms with van der Waals surface area (Å²) in [6.07, 6.45) is 0. The number of carbonyl (C=O) groups is 2. The van der Waals surface area contributed by atoms with Crippen LogP contribution < -0.4 is 5.32 Å². The number of carbonyl (C=O) groups excluding carboxylic acids is 2. The summed E-state index contributed by atoms with van der Waals surface area (Å²) in [4.78, 5) is 35.6. The van der Waals surface area contributed by atoms with Crippen LogP contribution in [0.4, 0.5) is 5.69 Å². The van der Waals surface area contributed by atoms with Gasteiger partial charge in [-0.1, -0.05) is 11.6 Å². The highest BCUT2D eigenvalue weighted by molar-refractivity contribution is 6.33. The summed E-state index contributed by atoms with van der Waals surface area (Å²) in [5, 5.41) is 13.6. The quantitative estimate of drug-likeness (QED) is 0.613. The molecule has 26 heavy (non-hydrogen) atoms. The molecular formula is C17H18ClN3O5. The maximum absolute atomic E-state index is 12.4. The maximum atomic E-state index is 12.4. The Bertz CT molecular complexity index is 847. The number of likely N-dealkylation sites (N-methyl/N-ethyl adjacent to an activating group) is 1. The van der Waals surface area contributed by atoms with Gasteiger partial charge in [-0.2, -0.15) is 0 Å². The molecule has 0 aliphatic heterocycles. The minimum atomic E-state index is -0.552. The third kappa shape index (κ3) is 4.60. The van der Waals surface area contributed by atoms with E-state index in [4.69, 9.17) is 16.0 Å². The van der Waals surface area contributed by atoms with Gasteiger partial charge in [0.1, 0.15) is 5.76 Å². The van der Waals surface area contributed by atoms with Gasteiger partial charge >= 0.3 is 0 Å². The summed E-state index contributed by atoms with van der Waals surface area (Å²) in [6, 6.07) is 6.95. The molecule has 9 heteroatoms. The SMILES string of the molecule is CC(C)NC(=O)CN(C)C(=O)c1ccc(-c2ccc([N+](=O)[O-])cc2Cl)o1. The van der Waals surface area contributed by atoms with Crippen LogP contribution >= 0.6 is 11.6 Å². The fourth-order valence-corrected chi connectivity index (χ4v) is 2.53. The van der Waals surface area contributed by atoms with E-state index in [1.807, 2.05) is 13.8 Å². The fraction of sp³-hybridized carbons (Fsp3) is 0.294. The molecule has 0 radical (unpaired) electrons. The lowest BCUT2D eigenvalue weighted by Crippen LogP contribution is -2.40. The molecule has 0 fully saturated rings. The van der Waals surface area contributed by atoms with Crippen LogP contribution in [-0.2, 0) is 4.79 Å². The predicted octanol–water partition coefficient (Wildman–Crippen LogP) is 3.10. The van der Waals surface area contributed by atoms with E-state index in [1.54, 1.807) is 6.07 Å². The Morgan fingerprint density at radius 2 is 2.00 bits per heavy atom. The van der Waals surface area contributed by atoms with Crippen LogP contribution in [0.15, 0.2) is 34.7 Å². The standard InChI is InChI=1S/C17H18ClN3O5/c1-10(2)19-16(22)9-20(3)17(23)15-7-6-14(26-15)12-5-4-11(21(24)25)8-13(12)18/h4-8,10H,9H2,1-3H3,(H,19,22). The number of furan rings is 1. The maximum Gasteiger partial charge on any atom is 0.289 e. The third-order valence-electron chi connectivity index (χ3n) is 3.42. The highest BCUT2D eigenvalue weighted by atomic mass is 35.5. The number of nitrogens with zero attached hydrogens (tertiary/aromatic N) is 2. The average Bonchev–Trinajstić information content (AvgIpc) is 3.02. The number of nitrogens with one attached hydrogen (secondary N) is 1. The van der Waals surface area contributed by atoms with Crippen LogP contribution in [0.5, 0.6) is 0 Å². The van der Waals surface area contributed by atoms with Crippen molar-refractivity contribution in [2.45, 2.75) is 19.9 Å². The third-order valence-corrected chi connectivity index (χ3v) is 3.74. The zero-order chi connectivity index (χ0) is 19.4. The number of hydrogen-bond donors (Lipinski definition) is 1. The number of benzene rings is 1. The number of hydrogen-bond acceptors (Lipinski definition) is 5. The second-order valence-corrected chi connectivity index (χ2v) is 6.38. The molecule has 1 heterocycles. The molecule has 0 bridgehead atoms. The Labute approximate surface area is 154 Å². The molecule has 0 atom stereocenters. The number of non-ortho nitro benzene ring substituents is 1. The molecule has 0 unspecified atom stereocenters. The van der Waals surface area contributed by atoms with Crippen molar-refractivity contribution < 1.29 is 18.9 Å². The number of rotatable bonds is 6. The summed E-state index contributed by atoms with van der Waals surface area (Å²) < 4.78 is 5.52. The molecule has 0 saturated carbocycles. The molecule has 2 rings (SSSR count). The van der Waals surface area contributed by atoms with Gasteiger partial charge in [0.05, 0.1) is 16.5 Å². The second kappa shape index (κ2) is 8.01. The van der Waals surface area contributed by atoms with Gasteiger partial charge in [0.2, 0.25) is 5.91 Å². The van der Waals surface area contributed by atoms with E-state index in [0.717, 1.165) is 0 Å². The molecule has 138 valence electrons. The van der Waals surface area contributed by atoms with E-state index in [-0.39, 0.29) is 35.0 Å². The van der Waals surface area contributed by atoms with E-state index in [9.17, 15) is 19.7 Å². The molecular weight excluding hydrogens is 362 g/mol. The van der Waals surface area contributed by atoms with E-state index in [1.165, 1.54) is 36.2 Å².